The second-order valence-electron chi connectivity index (χ2n) is 11.4. The smallest absolute Gasteiger partial charge is 0.306 e. The number of rotatable bonds is 7. The van der Waals surface area contributed by atoms with E-state index in [1.54, 1.807) is 12.2 Å². The van der Waals surface area contributed by atoms with Crippen LogP contribution in [0.15, 0.2) is 23.8 Å². The quantitative estimate of drug-likeness (QED) is 0.544. The molecule has 0 amide bonds. The predicted octanol–water partition coefficient (Wildman–Crippen LogP) is 3.87. The van der Waals surface area contributed by atoms with Gasteiger partial charge in [-0.2, -0.15) is 0 Å². The van der Waals surface area contributed by atoms with E-state index in [0.717, 1.165) is 31.3 Å². The highest BCUT2D eigenvalue weighted by Gasteiger charge is 2.69. The SMILES string of the molecule is CCCCC(=O)O[C@H]1C[C@@]2(C)[C@@H](CC[C@]2(O)C(=O)COC(C)=O)[C@@H]2CCC3=CC(=O)C=C[C@]3(C)[C@H]21. The van der Waals surface area contributed by atoms with Gasteiger partial charge in [0.15, 0.2) is 12.4 Å². The van der Waals surface area contributed by atoms with Crippen LogP contribution in [0.5, 0.6) is 0 Å². The number of ketones is 2. The number of allylic oxidation sites excluding steroid dienone is 4. The molecule has 0 unspecified atom stereocenters. The summed E-state index contributed by atoms with van der Waals surface area (Å²) in [5, 5.41) is 11.8. The van der Waals surface area contributed by atoms with Crippen LogP contribution in [-0.4, -0.2) is 46.9 Å². The first kappa shape index (κ1) is 25.8. The third-order valence-corrected chi connectivity index (χ3v) is 9.51. The van der Waals surface area contributed by atoms with E-state index >= 15 is 0 Å². The van der Waals surface area contributed by atoms with Gasteiger partial charge in [0.25, 0.3) is 0 Å². The number of Topliss-reactive ketones (excluding diaryl/α,β-unsaturated/α-hetero) is 1. The van der Waals surface area contributed by atoms with Crippen LogP contribution in [0.1, 0.15) is 79.1 Å². The van der Waals surface area contributed by atoms with Gasteiger partial charge in [0.1, 0.15) is 11.7 Å². The monoisotopic (exact) mass is 486 g/mol. The zero-order valence-electron chi connectivity index (χ0n) is 21.3. The molecule has 0 bridgehead atoms. The summed E-state index contributed by atoms with van der Waals surface area (Å²) < 4.78 is 11.1. The molecule has 0 saturated heterocycles. The maximum absolute atomic E-state index is 13.2. The van der Waals surface area contributed by atoms with Crippen molar-refractivity contribution >= 4 is 23.5 Å². The molecule has 7 atom stereocenters. The van der Waals surface area contributed by atoms with Gasteiger partial charge >= 0.3 is 11.9 Å². The van der Waals surface area contributed by atoms with Crippen molar-refractivity contribution in [2.45, 2.75) is 90.8 Å². The Morgan fingerprint density at radius 2 is 1.94 bits per heavy atom. The fourth-order valence-electron chi connectivity index (χ4n) is 7.70. The average Bonchev–Trinajstić information content (AvgIpc) is 3.07. The molecule has 3 fully saturated rings. The Kier molecular flexibility index (Phi) is 6.86. The van der Waals surface area contributed by atoms with E-state index in [4.69, 9.17) is 9.47 Å². The molecule has 4 aliphatic rings. The predicted molar refractivity (Wildman–Crippen MR) is 128 cm³/mol. The van der Waals surface area contributed by atoms with Gasteiger partial charge in [0.2, 0.25) is 5.78 Å². The Labute approximate surface area is 207 Å². The molecular formula is C28H38O7. The fourth-order valence-corrected chi connectivity index (χ4v) is 7.70. The molecular weight excluding hydrogens is 448 g/mol. The normalized spacial score (nSPS) is 39.7. The summed E-state index contributed by atoms with van der Waals surface area (Å²) in [6, 6.07) is 0. The van der Waals surface area contributed by atoms with Crippen molar-refractivity contribution in [2.24, 2.45) is 28.6 Å². The van der Waals surface area contributed by atoms with E-state index in [-0.39, 0.29) is 29.5 Å². The lowest BCUT2D eigenvalue weighted by Crippen LogP contribution is -2.62. The van der Waals surface area contributed by atoms with Gasteiger partial charge in [-0.05, 0) is 62.5 Å². The van der Waals surface area contributed by atoms with Gasteiger partial charge in [0, 0.05) is 30.1 Å². The zero-order chi connectivity index (χ0) is 25.6. The largest absolute Gasteiger partial charge is 0.462 e. The molecule has 1 N–H and O–H groups in total. The van der Waals surface area contributed by atoms with Crippen LogP contribution in [0, 0.1) is 28.6 Å². The zero-order valence-corrected chi connectivity index (χ0v) is 21.3. The topological polar surface area (TPSA) is 107 Å². The standard InChI is InChI=1S/C28H38O7/c1-5-6-7-24(32)35-22-15-27(4)21(11-13-28(27,33)23(31)16-34-17(2)29)20-9-8-18-14-19(30)10-12-26(18,3)25(20)22/h10,12,14,20-22,25,33H,5-9,11,13,15-16H2,1-4H3/t20-,21-,22-,25+,26-,27-,28-/m0/s1. The third-order valence-electron chi connectivity index (χ3n) is 9.51. The Bertz CT molecular complexity index is 980. The fraction of sp³-hybridized carbons (Fsp3) is 0.714. The molecule has 0 heterocycles. The maximum Gasteiger partial charge on any atom is 0.306 e. The number of hydrogen-bond acceptors (Lipinski definition) is 7. The van der Waals surface area contributed by atoms with Crippen molar-refractivity contribution in [1.82, 2.24) is 0 Å². The number of ether oxygens (including phenoxy) is 2. The van der Waals surface area contributed by atoms with Crippen LogP contribution >= 0.6 is 0 Å². The first-order valence-electron chi connectivity index (χ1n) is 13.0. The Morgan fingerprint density at radius 3 is 2.63 bits per heavy atom. The number of fused-ring (bicyclic) bond motifs is 5. The minimum atomic E-state index is -1.65. The van der Waals surface area contributed by atoms with E-state index in [2.05, 4.69) is 6.92 Å². The summed E-state index contributed by atoms with van der Waals surface area (Å²) in [6.07, 6.45) is 9.66. The van der Waals surface area contributed by atoms with Crippen LogP contribution in [0.2, 0.25) is 0 Å². The van der Waals surface area contributed by atoms with Crippen molar-refractivity contribution in [3.63, 3.8) is 0 Å². The highest BCUT2D eigenvalue weighted by Crippen LogP contribution is 2.67. The number of carbonyl (C=O) groups is 4. The molecule has 0 spiro atoms. The van der Waals surface area contributed by atoms with Crippen LogP contribution in [0.25, 0.3) is 0 Å². The van der Waals surface area contributed by atoms with Crippen molar-refractivity contribution in [1.29, 1.82) is 0 Å². The lowest BCUT2D eigenvalue weighted by Gasteiger charge is -2.60. The van der Waals surface area contributed by atoms with Gasteiger partial charge in [-0.25, -0.2) is 0 Å². The highest BCUT2D eigenvalue weighted by atomic mass is 16.5. The third kappa shape index (κ3) is 4.20. The summed E-state index contributed by atoms with van der Waals surface area (Å²) in [5.41, 5.74) is -1.81. The number of carbonyl (C=O) groups excluding carboxylic acids is 4. The summed E-state index contributed by atoms with van der Waals surface area (Å²) in [6.45, 7) is 6.86. The molecule has 35 heavy (non-hydrogen) atoms. The van der Waals surface area contributed by atoms with Crippen molar-refractivity contribution in [3.8, 4) is 0 Å². The Morgan fingerprint density at radius 1 is 1.20 bits per heavy atom. The van der Waals surface area contributed by atoms with E-state index in [1.807, 2.05) is 19.9 Å². The maximum atomic E-state index is 13.2. The van der Waals surface area contributed by atoms with Gasteiger partial charge in [0.05, 0.1) is 0 Å². The van der Waals surface area contributed by atoms with Gasteiger partial charge < -0.3 is 14.6 Å². The molecule has 0 aromatic heterocycles. The molecule has 7 heteroatoms. The number of hydrogen-bond donors (Lipinski definition) is 1. The van der Waals surface area contributed by atoms with Crippen LogP contribution in [0.3, 0.4) is 0 Å². The van der Waals surface area contributed by atoms with E-state index < -0.39 is 40.9 Å². The van der Waals surface area contributed by atoms with E-state index in [9.17, 15) is 24.3 Å². The van der Waals surface area contributed by atoms with Gasteiger partial charge in [-0.1, -0.05) is 38.8 Å². The Balaban J connectivity index is 1.71. The first-order valence-corrected chi connectivity index (χ1v) is 13.0. The summed E-state index contributed by atoms with van der Waals surface area (Å²) in [5.74, 6) is -1.20. The first-order chi connectivity index (χ1) is 16.5. The summed E-state index contributed by atoms with van der Waals surface area (Å²) in [7, 11) is 0. The van der Waals surface area contributed by atoms with Gasteiger partial charge in [-0.15, -0.1) is 0 Å². The van der Waals surface area contributed by atoms with Crippen molar-refractivity contribution in [2.75, 3.05) is 6.61 Å². The van der Waals surface area contributed by atoms with Crippen LogP contribution < -0.4 is 0 Å². The van der Waals surface area contributed by atoms with E-state index in [1.165, 1.54) is 6.92 Å². The molecule has 0 aromatic rings. The molecule has 4 rings (SSSR count). The molecule has 192 valence electrons. The lowest BCUT2D eigenvalue weighted by atomic mass is 9.46. The molecule has 3 saturated carbocycles. The van der Waals surface area contributed by atoms with Crippen LogP contribution in [-0.2, 0) is 28.7 Å². The van der Waals surface area contributed by atoms with Crippen LogP contribution in [0.4, 0.5) is 0 Å². The summed E-state index contributed by atoms with van der Waals surface area (Å²) in [4.78, 5) is 49.5. The molecule has 7 nitrogen and oxygen atoms in total. The number of esters is 2. The Hall–Kier alpha value is -2.28. The molecule has 0 aliphatic heterocycles. The molecule has 0 radical (unpaired) electrons. The summed E-state index contributed by atoms with van der Waals surface area (Å²) >= 11 is 0. The molecule has 4 aliphatic carbocycles. The van der Waals surface area contributed by atoms with Gasteiger partial charge in [-0.3, -0.25) is 19.2 Å². The highest BCUT2D eigenvalue weighted by molar-refractivity contribution is 6.01. The van der Waals surface area contributed by atoms with E-state index in [0.29, 0.717) is 25.7 Å². The number of unbranched alkanes of at least 4 members (excludes halogenated alkanes) is 1. The second kappa shape index (κ2) is 9.30. The van der Waals surface area contributed by atoms with Crippen molar-refractivity contribution in [3.05, 3.63) is 23.8 Å². The molecule has 0 aromatic carbocycles. The van der Waals surface area contributed by atoms with Crippen molar-refractivity contribution < 1.29 is 33.8 Å². The lowest BCUT2D eigenvalue weighted by molar-refractivity contribution is -0.193. The second-order valence-corrected chi connectivity index (χ2v) is 11.4. The minimum absolute atomic E-state index is 0.0145. The average molecular weight is 487 g/mol. The number of aliphatic hydroxyl groups is 1. The minimum Gasteiger partial charge on any atom is -0.462 e.